The fourth-order valence-corrected chi connectivity index (χ4v) is 8.53. The molecular weight excluding hydrogens is 995 g/mol. The molecule has 70 heavy (non-hydrogen) atoms. The number of fused-ring (bicyclic) bond motifs is 2. The van der Waals surface area contributed by atoms with Crippen molar-refractivity contribution in [3.63, 3.8) is 0 Å². The Labute approximate surface area is 378 Å². The summed E-state index contributed by atoms with van der Waals surface area (Å²) in [7, 11) is 0. The molecule has 0 bridgehead atoms. The SMILES string of the molecule is CC(C)CC(C(=O)OCCC(F)(F)C(F)(F)C(F)(F)C(F)(F)C(F)(F)C(F)(F)C(F)(F)C(F)(F)F)N1C(=O)c2ccc3c4ccc5c6c(ccc(c7ccc(c2c37)C1=O)c64)C(=O)N(C(C)C(=O)O)C5=O. The van der Waals surface area contributed by atoms with E-state index in [4.69, 9.17) is 0 Å². The topological polar surface area (TPSA) is 138 Å². The van der Waals surface area contributed by atoms with Gasteiger partial charge in [-0.05, 0) is 75.8 Å². The van der Waals surface area contributed by atoms with E-state index in [-0.39, 0.29) is 43.3 Å². The second-order valence-corrected chi connectivity index (χ2v) is 16.8. The average molecular weight is 1020 g/mol. The van der Waals surface area contributed by atoms with E-state index in [9.17, 15) is 109 Å². The second-order valence-electron chi connectivity index (χ2n) is 16.8. The van der Waals surface area contributed by atoms with Gasteiger partial charge in [0.25, 0.3) is 23.6 Å². The number of carboxylic acid groups (broad SMARTS) is 1. The first-order valence-corrected chi connectivity index (χ1v) is 19.9. The lowest BCUT2D eigenvalue weighted by Gasteiger charge is -2.42. The van der Waals surface area contributed by atoms with Gasteiger partial charge in [-0.3, -0.25) is 29.0 Å². The molecule has 0 spiro atoms. The van der Waals surface area contributed by atoms with E-state index in [0.29, 0.717) is 31.8 Å². The number of amides is 4. The number of benzene rings is 5. The molecule has 0 radical (unpaired) electrons. The van der Waals surface area contributed by atoms with Gasteiger partial charge in [-0.1, -0.05) is 38.1 Å². The molecule has 2 heterocycles. The number of carboxylic acids is 1. The van der Waals surface area contributed by atoms with Gasteiger partial charge in [0.05, 0.1) is 13.0 Å². The van der Waals surface area contributed by atoms with Gasteiger partial charge in [0.2, 0.25) is 0 Å². The van der Waals surface area contributed by atoms with Gasteiger partial charge < -0.3 is 9.84 Å². The number of carbonyl (C=O) groups excluding carboxylic acids is 5. The molecule has 2 atom stereocenters. The third kappa shape index (κ3) is 6.67. The monoisotopic (exact) mass is 1020 g/mol. The molecule has 10 nitrogen and oxygen atoms in total. The smallest absolute Gasteiger partial charge is 0.460 e. The van der Waals surface area contributed by atoms with E-state index < -0.39 is 121 Å². The summed E-state index contributed by atoms with van der Waals surface area (Å²) in [5, 5.41) is 11.7. The van der Waals surface area contributed by atoms with E-state index >= 15 is 0 Å². The zero-order chi connectivity index (χ0) is 52.8. The van der Waals surface area contributed by atoms with Crippen molar-refractivity contribution in [3.8, 4) is 0 Å². The number of hydrogen-bond acceptors (Lipinski definition) is 7. The molecule has 0 fully saturated rings. The first kappa shape index (κ1) is 51.3. The minimum Gasteiger partial charge on any atom is -0.480 e. The molecule has 2 aliphatic rings. The summed E-state index contributed by atoms with van der Waals surface area (Å²) in [6, 6.07) is 6.99. The summed E-state index contributed by atoms with van der Waals surface area (Å²) in [5.74, 6) is -66.6. The number of nitrogens with zero attached hydrogens (tertiary/aromatic N) is 2. The van der Waals surface area contributed by atoms with Crippen LogP contribution in [-0.2, 0) is 14.3 Å². The largest absolute Gasteiger partial charge is 0.480 e. The highest BCUT2D eigenvalue weighted by Crippen LogP contribution is 2.64. The Morgan fingerprint density at radius 1 is 0.500 bits per heavy atom. The van der Waals surface area contributed by atoms with Crippen molar-refractivity contribution in [2.75, 3.05) is 6.61 Å². The second kappa shape index (κ2) is 15.7. The van der Waals surface area contributed by atoms with Crippen LogP contribution in [0.2, 0.25) is 0 Å². The number of rotatable bonds is 15. The fraction of sp³-hybridized carbons (Fsp3) is 0.395. The van der Waals surface area contributed by atoms with Crippen molar-refractivity contribution in [2.45, 2.75) is 93.3 Å². The van der Waals surface area contributed by atoms with Crippen LogP contribution in [0.1, 0.15) is 75.0 Å². The van der Waals surface area contributed by atoms with Crippen LogP contribution < -0.4 is 0 Å². The fourth-order valence-electron chi connectivity index (χ4n) is 8.53. The van der Waals surface area contributed by atoms with Gasteiger partial charge in [-0.2, -0.15) is 74.6 Å². The van der Waals surface area contributed by atoms with Gasteiger partial charge in [-0.15, -0.1) is 0 Å². The van der Waals surface area contributed by atoms with Crippen molar-refractivity contribution >= 4 is 78.7 Å². The zero-order valence-electron chi connectivity index (χ0n) is 35.1. The molecule has 7 rings (SSSR count). The maximum absolute atomic E-state index is 14.7. The molecule has 0 aliphatic carbocycles. The van der Waals surface area contributed by atoms with E-state index in [2.05, 4.69) is 4.74 Å². The minimum absolute atomic E-state index is 0.0247. The molecule has 2 unspecified atom stereocenters. The lowest BCUT2D eigenvalue weighted by molar-refractivity contribution is -0.461. The maximum Gasteiger partial charge on any atom is 0.460 e. The molecule has 4 amide bonds. The van der Waals surface area contributed by atoms with E-state index in [1.807, 2.05) is 0 Å². The molecular formula is C43H27F17N2O8. The summed E-state index contributed by atoms with van der Waals surface area (Å²) in [6.07, 6.45) is -11.6. The van der Waals surface area contributed by atoms with Crippen molar-refractivity contribution in [1.29, 1.82) is 0 Å². The van der Waals surface area contributed by atoms with Gasteiger partial charge >= 0.3 is 59.6 Å². The molecule has 376 valence electrons. The first-order valence-electron chi connectivity index (χ1n) is 19.9. The van der Waals surface area contributed by atoms with Crippen LogP contribution in [0.25, 0.3) is 43.1 Å². The molecule has 5 aromatic carbocycles. The summed E-state index contributed by atoms with van der Waals surface area (Å²) < 4.78 is 239. The number of esters is 1. The summed E-state index contributed by atoms with van der Waals surface area (Å²) >= 11 is 0. The van der Waals surface area contributed by atoms with E-state index in [0.717, 1.165) is 6.92 Å². The number of hydrogen-bond donors (Lipinski definition) is 1. The van der Waals surface area contributed by atoms with Gasteiger partial charge in [-0.25, -0.2) is 9.59 Å². The normalized spacial score (nSPS) is 16.7. The quantitative estimate of drug-likeness (QED) is 0.0360. The third-order valence-corrected chi connectivity index (χ3v) is 12.2. The highest BCUT2D eigenvalue weighted by Gasteiger charge is 2.95. The third-order valence-electron chi connectivity index (χ3n) is 12.2. The van der Waals surface area contributed by atoms with Crippen LogP contribution in [-0.4, -0.2) is 117 Å². The Kier molecular flexibility index (Phi) is 11.5. The van der Waals surface area contributed by atoms with Crippen molar-refractivity contribution in [1.82, 2.24) is 9.80 Å². The lowest BCUT2D eigenvalue weighted by Crippen LogP contribution is -2.74. The van der Waals surface area contributed by atoms with E-state index in [1.165, 1.54) is 62.4 Å². The van der Waals surface area contributed by atoms with Gasteiger partial charge in [0, 0.05) is 33.0 Å². The standard InChI is InChI=1S/C43H27F17N2O8/c1-15(2)14-25(35(69)70-13-12-36(44,45)37(46,47)38(48,49)39(50,51)40(52,53)41(54,55)42(56,57)43(58,59)60)62-32(65)23-10-6-19-17-4-8-21-28-22(31(64)61(30(21)63)16(3)34(67)68)9-5-18(26(17)28)20-7-11-24(33(62)66)29(23)27(19)20/h4-11,15-16,25H,12-14H2,1-3H3,(H,67,68). The van der Waals surface area contributed by atoms with Crippen LogP contribution in [0, 0.1) is 5.92 Å². The number of imide groups is 2. The molecule has 1 N–H and O–H groups in total. The van der Waals surface area contributed by atoms with Crippen molar-refractivity contribution in [3.05, 3.63) is 70.8 Å². The molecule has 0 saturated carbocycles. The van der Waals surface area contributed by atoms with Gasteiger partial charge in [0.15, 0.2) is 0 Å². The summed E-state index contributed by atoms with van der Waals surface area (Å²) in [6.45, 7) is 1.56. The number of alkyl halides is 17. The van der Waals surface area contributed by atoms with Crippen molar-refractivity contribution < 1.29 is 113 Å². The number of ether oxygens (including phenoxy) is 1. The molecule has 2 aliphatic heterocycles. The Bertz CT molecular complexity index is 2980. The van der Waals surface area contributed by atoms with E-state index in [1.54, 1.807) is 0 Å². The molecule has 5 aromatic rings. The maximum atomic E-state index is 14.7. The summed E-state index contributed by atoms with van der Waals surface area (Å²) in [5.41, 5.74) is -0.662. The Morgan fingerprint density at radius 3 is 1.16 bits per heavy atom. The Hall–Kier alpha value is -6.57. The van der Waals surface area contributed by atoms with Crippen LogP contribution in [0.5, 0.6) is 0 Å². The first-order chi connectivity index (χ1) is 31.9. The average Bonchev–Trinajstić information content (AvgIpc) is 3.25. The number of carbonyl (C=O) groups is 6. The highest BCUT2D eigenvalue weighted by atomic mass is 19.4. The lowest BCUT2D eigenvalue weighted by atomic mass is 9.82. The van der Waals surface area contributed by atoms with Crippen LogP contribution in [0.15, 0.2) is 48.5 Å². The van der Waals surface area contributed by atoms with Crippen LogP contribution in [0.4, 0.5) is 74.6 Å². The summed E-state index contributed by atoms with van der Waals surface area (Å²) in [4.78, 5) is 81.8. The Morgan fingerprint density at radius 2 is 0.829 bits per heavy atom. The van der Waals surface area contributed by atoms with Crippen LogP contribution in [0.3, 0.4) is 0 Å². The highest BCUT2D eigenvalue weighted by molar-refractivity contribution is 6.41. The van der Waals surface area contributed by atoms with Crippen molar-refractivity contribution in [2.24, 2.45) is 5.92 Å². The molecule has 0 aromatic heterocycles. The molecule has 0 saturated heterocycles. The predicted octanol–water partition coefficient (Wildman–Crippen LogP) is 10.8. The minimum atomic E-state index is -8.83. The number of aliphatic carboxylic acids is 1. The van der Waals surface area contributed by atoms with Gasteiger partial charge in [0.1, 0.15) is 12.1 Å². The predicted molar refractivity (Wildman–Crippen MR) is 205 cm³/mol. The zero-order valence-corrected chi connectivity index (χ0v) is 35.1. The number of halogens is 17. The van der Waals surface area contributed by atoms with Crippen LogP contribution >= 0.6 is 0 Å². The molecule has 27 heteroatoms. The Balaban J connectivity index is 1.19.